The summed E-state index contributed by atoms with van der Waals surface area (Å²) in [6.45, 7) is 4.45. The van der Waals surface area contributed by atoms with Crippen LogP contribution in [-0.2, 0) is 6.54 Å². The van der Waals surface area contributed by atoms with E-state index in [0.717, 1.165) is 25.0 Å². The minimum atomic E-state index is 0.759. The van der Waals surface area contributed by atoms with Crippen LogP contribution in [0.5, 0.6) is 0 Å². The Bertz CT molecular complexity index is 350. The molecule has 0 radical (unpaired) electrons. The van der Waals surface area contributed by atoms with Crippen LogP contribution in [-0.4, -0.2) is 16.1 Å². The van der Waals surface area contributed by atoms with Crippen LogP contribution < -0.4 is 5.32 Å². The van der Waals surface area contributed by atoms with Gasteiger partial charge in [0.15, 0.2) is 0 Å². The highest BCUT2D eigenvalue weighted by Gasteiger charge is 2.26. The highest BCUT2D eigenvalue weighted by molar-refractivity contribution is 5.37. The van der Waals surface area contributed by atoms with E-state index in [-0.39, 0.29) is 0 Å². The second-order valence-corrected chi connectivity index (χ2v) is 4.47. The van der Waals surface area contributed by atoms with Crippen molar-refractivity contribution in [2.45, 2.75) is 45.1 Å². The molecule has 0 aromatic carbocycles. The Morgan fingerprint density at radius 1 is 1.36 bits per heavy atom. The van der Waals surface area contributed by atoms with Crippen LogP contribution in [0, 0.1) is 6.92 Å². The summed E-state index contributed by atoms with van der Waals surface area (Å²) < 4.78 is 2.34. The summed E-state index contributed by atoms with van der Waals surface area (Å²) in [5.41, 5.74) is 2.76. The van der Waals surface area contributed by atoms with Gasteiger partial charge in [-0.1, -0.05) is 6.42 Å². The molecule has 1 fully saturated rings. The first-order valence-corrected chi connectivity index (χ1v) is 5.67. The standard InChI is InChI=1S/C11H17N3/c1-8-10(9-4-2-5-9)13-11-12-6-3-7-14(8)11/h9H,2-7H2,1H3,(H,12,13). The molecule has 0 unspecified atom stereocenters. The Hall–Kier alpha value is -0.990. The van der Waals surface area contributed by atoms with Gasteiger partial charge in [-0.3, -0.25) is 0 Å². The van der Waals surface area contributed by atoms with E-state index in [1.807, 2.05) is 0 Å². The zero-order valence-corrected chi connectivity index (χ0v) is 8.71. The molecule has 1 aliphatic heterocycles. The molecule has 1 aliphatic carbocycles. The number of nitrogens with one attached hydrogen (secondary N) is 1. The predicted octanol–water partition coefficient (Wildman–Crippen LogP) is 2.27. The summed E-state index contributed by atoms with van der Waals surface area (Å²) in [6.07, 6.45) is 5.31. The van der Waals surface area contributed by atoms with Crippen LogP contribution in [0.25, 0.3) is 0 Å². The molecule has 2 aliphatic rings. The maximum atomic E-state index is 4.72. The molecule has 0 amide bonds. The molecule has 0 bridgehead atoms. The van der Waals surface area contributed by atoms with E-state index >= 15 is 0 Å². The summed E-state index contributed by atoms with van der Waals surface area (Å²) in [6, 6.07) is 0. The molecule has 1 saturated carbocycles. The molecular formula is C11H17N3. The average molecular weight is 191 g/mol. The summed E-state index contributed by atoms with van der Waals surface area (Å²) in [7, 11) is 0. The predicted molar refractivity (Wildman–Crippen MR) is 56.7 cm³/mol. The summed E-state index contributed by atoms with van der Waals surface area (Å²) in [4.78, 5) is 4.72. The number of rotatable bonds is 1. The number of anilines is 1. The lowest BCUT2D eigenvalue weighted by atomic mass is 9.82. The molecule has 0 atom stereocenters. The van der Waals surface area contributed by atoms with Crippen LogP contribution in [0.1, 0.15) is 43.0 Å². The first-order valence-electron chi connectivity index (χ1n) is 5.67. The second-order valence-electron chi connectivity index (χ2n) is 4.47. The fourth-order valence-electron chi connectivity index (χ4n) is 2.47. The number of imidazole rings is 1. The zero-order valence-electron chi connectivity index (χ0n) is 8.71. The molecule has 3 rings (SSSR count). The van der Waals surface area contributed by atoms with Gasteiger partial charge in [0.25, 0.3) is 0 Å². The molecule has 1 aromatic rings. The molecule has 1 aromatic heterocycles. The molecule has 2 heterocycles. The van der Waals surface area contributed by atoms with E-state index in [1.54, 1.807) is 0 Å². The van der Waals surface area contributed by atoms with Gasteiger partial charge >= 0.3 is 0 Å². The zero-order chi connectivity index (χ0) is 9.54. The van der Waals surface area contributed by atoms with E-state index in [2.05, 4.69) is 16.8 Å². The van der Waals surface area contributed by atoms with Gasteiger partial charge in [-0.2, -0.15) is 0 Å². The van der Waals surface area contributed by atoms with Gasteiger partial charge < -0.3 is 9.88 Å². The fourth-order valence-corrected chi connectivity index (χ4v) is 2.47. The molecule has 3 heteroatoms. The van der Waals surface area contributed by atoms with Crippen molar-refractivity contribution in [3.63, 3.8) is 0 Å². The van der Waals surface area contributed by atoms with Crippen molar-refractivity contribution >= 4 is 5.95 Å². The maximum Gasteiger partial charge on any atom is 0.203 e. The van der Waals surface area contributed by atoms with E-state index in [4.69, 9.17) is 4.98 Å². The lowest BCUT2D eigenvalue weighted by Gasteiger charge is -2.24. The Kier molecular flexibility index (Phi) is 1.79. The molecule has 0 spiro atoms. The van der Waals surface area contributed by atoms with Crippen molar-refractivity contribution in [2.24, 2.45) is 0 Å². The Balaban J connectivity index is 2.00. The highest BCUT2D eigenvalue weighted by Crippen LogP contribution is 2.38. The average Bonchev–Trinajstić information content (AvgIpc) is 2.43. The lowest BCUT2D eigenvalue weighted by molar-refractivity contribution is 0.410. The number of fused-ring (bicyclic) bond motifs is 1. The van der Waals surface area contributed by atoms with Crippen molar-refractivity contribution in [1.29, 1.82) is 0 Å². The second kappa shape index (κ2) is 3.01. The number of hydrogen-bond acceptors (Lipinski definition) is 2. The minimum absolute atomic E-state index is 0.759. The summed E-state index contributed by atoms with van der Waals surface area (Å²) in [5.74, 6) is 1.87. The number of hydrogen-bond donors (Lipinski definition) is 1. The van der Waals surface area contributed by atoms with Crippen molar-refractivity contribution in [3.05, 3.63) is 11.4 Å². The van der Waals surface area contributed by atoms with Crippen LogP contribution in [0.4, 0.5) is 5.95 Å². The van der Waals surface area contributed by atoms with Crippen LogP contribution >= 0.6 is 0 Å². The van der Waals surface area contributed by atoms with E-state index in [0.29, 0.717) is 0 Å². The number of nitrogens with zero attached hydrogens (tertiary/aromatic N) is 2. The monoisotopic (exact) mass is 191 g/mol. The van der Waals surface area contributed by atoms with Crippen molar-refractivity contribution < 1.29 is 0 Å². The summed E-state index contributed by atoms with van der Waals surface area (Å²) in [5, 5.41) is 3.38. The van der Waals surface area contributed by atoms with E-state index in [9.17, 15) is 0 Å². The third-order valence-corrected chi connectivity index (χ3v) is 3.59. The Morgan fingerprint density at radius 2 is 2.21 bits per heavy atom. The molecule has 0 saturated heterocycles. The van der Waals surface area contributed by atoms with Gasteiger partial charge in [-0.25, -0.2) is 4.98 Å². The van der Waals surface area contributed by atoms with Crippen molar-refractivity contribution in [2.75, 3.05) is 11.9 Å². The Morgan fingerprint density at radius 3 is 2.86 bits per heavy atom. The van der Waals surface area contributed by atoms with Gasteiger partial charge in [0.2, 0.25) is 5.95 Å². The van der Waals surface area contributed by atoms with Crippen LogP contribution in [0.3, 0.4) is 0 Å². The van der Waals surface area contributed by atoms with Gasteiger partial charge in [-0.05, 0) is 26.2 Å². The molecule has 14 heavy (non-hydrogen) atoms. The summed E-state index contributed by atoms with van der Waals surface area (Å²) >= 11 is 0. The van der Waals surface area contributed by atoms with Gasteiger partial charge in [-0.15, -0.1) is 0 Å². The van der Waals surface area contributed by atoms with E-state index < -0.39 is 0 Å². The third kappa shape index (κ3) is 1.08. The molecule has 3 nitrogen and oxygen atoms in total. The lowest BCUT2D eigenvalue weighted by Crippen LogP contribution is -2.17. The smallest absolute Gasteiger partial charge is 0.203 e. The normalized spacial score (nSPS) is 21.2. The quantitative estimate of drug-likeness (QED) is 0.738. The van der Waals surface area contributed by atoms with Crippen LogP contribution in [0.2, 0.25) is 0 Å². The number of aromatic nitrogens is 2. The molecule has 1 N–H and O–H groups in total. The van der Waals surface area contributed by atoms with Crippen LogP contribution in [0.15, 0.2) is 0 Å². The van der Waals surface area contributed by atoms with Gasteiger partial charge in [0, 0.05) is 24.7 Å². The minimum Gasteiger partial charge on any atom is -0.356 e. The Labute approximate surface area is 84.5 Å². The van der Waals surface area contributed by atoms with Crippen molar-refractivity contribution in [3.8, 4) is 0 Å². The SMILES string of the molecule is Cc1c(C2CCC2)nc2n1CCCN2. The molecule has 76 valence electrons. The topological polar surface area (TPSA) is 29.9 Å². The largest absolute Gasteiger partial charge is 0.356 e. The first kappa shape index (κ1) is 8.33. The first-order chi connectivity index (χ1) is 6.86. The van der Waals surface area contributed by atoms with Crippen molar-refractivity contribution in [1.82, 2.24) is 9.55 Å². The van der Waals surface area contributed by atoms with Gasteiger partial charge in [0.1, 0.15) is 0 Å². The third-order valence-electron chi connectivity index (χ3n) is 3.59. The highest BCUT2D eigenvalue weighted by atomic mass is 15.2. The van der Waals surface area contributed by atoms with E-state index in [1.165, 1.54) is 37.1 Å². The molecular weight excluding hydrogens is 174 g/mol. The fraction of sp³-hybridized carbons (Fsp3) is 0.727. The maximum absolute atomic E-state index is 4.72. The van der Waals surface area contributed by atoms with Gasteiger partial charge in [0.05, 0.1) is 5.69 Å².